The maximum Gasteiger partial charge on any atom is 0.143 e. The van der Waals surface area contributed by atoms with Crippen LogP contribution in [0.3, 0.4) is 0 Å². The summed E-state index contributed by atoms with van der Waals surface area (Å²) >= 11 is 1.54. The zero-order valence-corrected chi connectivity index (χ0v) is 9.72. The summed E-state index contributed by atoms with van der Waals surface area (Å²) in [5, 5.41) is 8.74. The van der Waals surface area contributed by atoms with Crippen molar-refractivity contribution in [2.75, 3.05) is 24.7 Å². The second-order valence-electron chi connectivity index (χ2n) is 3.09. The predicted octanol–water partition coefficient (Wildman–Crippen LogP) is 2.14. The molecule has 1 rings (SSSR count). The zero-order chi connectivity index (χ0) is 11.1. The predicted molar refractivity (Wildman–Crippen MR) is 64.5 cm³/mol. The van der Waals surface area contributed by atoms with Gasteiger partial charge in [0.15, 0.2) is 0 Å². The quantitative estimate of drug-likeness (QED) is 0.577. The van der Waals surface area contributed by atoms with Crippen molar-refractivity contribution < 1.29 is 9.84 Å². The number of anilines is 1. The van der Waals surface area contributed by atoms with Crippen molar-refractivity contribution in [1.29, 1.82) is 0 Å². The summed E-state index contributed by atoms with van der Waals surface area (Å²) in [5.74, 6) is 1.39. The first-order valence-corrected chi connectivity index (χ1v) is 6.03. The molecule has 0 saturated heterocycles. The van der Waals surface area contributed by atoms with Crippen molar-refractivity contribution in [3.05, 3.63) is 18.2 Å². The Balaban J connectivity index is 2.71. The molecule has 0 spiro atoms. The van der Waals surface area contributed by atoms with E-state index in [0.29, 0.717) is 18.0 Å². The van der Waals surface area contributed by atoms with E-state index in [1.807, 2.05) is 18.2 Å². The molecule has 3 N–H and O–H groups in total. The van der Waals surface area contributed by atoms with Crippen LogP contribution in [0.4, 0.5) is 5.69 Å². The summed E-state index contributed by atoms with van der Waals surface area (Å²) < 4.78 is 5.51. The number of nitrogen functional groups attached to an aromatic ring is 1. The first-order valence-electron chi connectivity index (χ1n) is 5.04. The maximum absolute atomic E-state index is 8.74. The molecule has 1 aromatic carbocycles. The van der Waals surface area contributed by atoms with Crippen LogP contribution >= 0.6 is 11.8 Å². The number of thioether (sulfide) groups is 1. The fraction of sp³-hybridized carbons (Fsp3) is 0.455. The van der Waals surface area contributed by atoms with E-state index in [4.69, 9.17) is 15.6 Å². The van der Waals surface area contributed by atoms with E-state index in [9.17, 15) is 0 Å². The highest BCUT2D eigenvalue weighted by atomic mass is 32.2. The number of para-hydroxylation sites is 1. The molecule has 84 valence electrons. The number of hydrogen-bond donors (Lipinski definition) is 2. The fourth-order valence-electron chi connectivity index (χ4n) is 1.14. The van der Waals surface area contributed by atoms with Crippen molar-refractivity contribution in [2.45, 2.75) is 18.2 Å². The Morgan fingerprint density at radius 3 is 2.93 bits per heavy atom. The van der Waals surface area contributed by atoms with Gasteiger partial charge in [-0.3, -0.25) is 0 Å². The van der Waals surface area contributed by atoms with E-state index in [1.54, 1.807) is 0 Å². The smallest absolute Gasteiger partial charge is 0.143 e. The van der Waals surface area contributed by atoms with E-state index in [1.165, 1.54) is 11.8 Å². The molecule has 0 amide bonds. The molecule has 0 aliphatic heterocycles. The number of nitrogens with two attached hydrogens (primary N) is 1. The number of hydrogen-bond acceptors (Lipinski definition) is 4. The van der Waals surface area contributed by atoms with E-state index < -0.39 is 0 Å². The van der Waals surface area contributed by atoms with Crippen LogP contribution < -0.4 is 10.5 Å². The van der Waals surface area contributed by atoms with Gasteiger partial charge in [0, 0.05) is 10.6 Å². The molecule has 0 heterocycles. The largest absolute Gasteiger partial charge is 0.491 e. The number of ether oxygens (including phenoxy) is 1. The van der Waals surface area contributed by atoms with E-state index in [0.717, 1.165) is 17.1 Å². The van der Waals surface area contributed by atoms with Crippen LogP contribution in [-0.2, 0) is 0 Å². The molecule has 0 aliphatic carbocycles. The molecular formula is C11H17NO2S. The Morgan fingerprint density at radius 2 is 2.27 bits per heavy atom. The van der Waals surface area contributed by atoms with Crippen LogP contribution in [0, 0.1) is 0 Å². The summed E-state index contributed by atoms with van der Waals surface area (Å²) in [6.45, 7) is 2.89. The molecule has 0 radical (unpaired) electrons. The highest BCUT2D eigenvalue weighted by Crippen LogP contribution is 2.32. The first kappa shape index (κ1) is 12.2. The molecule has 0 unspecified atom stereocenters. The van der Waals surface area contributed by atoms with Gasteiger partial charge in [-0.25, -0.2) is 0 Å². The number of aliphatic hydroxyl groups excluding tert-OH is 1. The summed E-state index contributed by atoms with van der Waals surface area (Å²) in [6.07, 6.45) is 0.966. The molecule has 0 aromatic heterocycles. The lowest BCUT2D eigenvalue weighted by Crippen LogP contribution is -2.00. The Morgan fingerprint density at radius 1 is 1.47 bits per heavy atom. The third kappa shape index (κ3) is 3.64. The molecule has 0 fully saturated rings. The SMILES string of the molecule is CCCOc1cccc(SCCO)c1N. The molecule has 0 bridgehead atoms. The molecule has 3 nitrogen and oxygen atoms in total. The molecule has 4 heteroatoms. The summed E-state index contributed by atoms with van der Waals surface area (Å²) in [7, 11) is 0. The van der Waals surface area contributed by atoms with Gasteiger partial charge in [0.05, 0.1) is 18.9 Å². The van der Waals surface area contributed by atoms with Gasteiger partial charge in [-0.2, -0.15) is 0 Å². The van der Waals surface area contributed by atoms with Crippen LogP contribution in [0.15, 0.2) is 23.1 Å². The standard InChI is InChI=1S/C11H17NO2S/c1-2-7-14-9-4-3-5-10(11(9)12)15-8-6-13/h3-5,13H,2,6-8,12H2,1H3. The molecule has 0 atom stereocenters. The van der Waals surface area contributed by atoms with Gasteiger partial charge < -0.3 is 15.6 Å². The van der Waals surface area contributed by atoms with Crippen LogP contribution in [0.2, 0.25) is 0 Å². The molecule has 0 saturated carbocycles. The summed E-state index contributed by atoms with van der Waals surface area (Å²) in [6, 6.07) is 5.73. The van der Waals surface area contributed by atoms with E-state index >= 15 is 0 Å². The van der Waals surface area contributed by atoms with Crippen LogP contribution in [-0.4, -0.2) is 24.1 Å². The van der Waals surface area contributed by atoms with Crippen molar-refractivity contribution in [2.24, 2.45) is 0 Å². The minimum absolute atomic E-state index is 0.157. The van der Waals surface area contributed by atoms with Crippen LogP contribution in [0.1, 0.15) is 13.3 Å². The minimum atomic E-state index is 0.157. The first-order chi connectivity index (χ1) is 7.29. The van der Waals surface area contributed by atoms with E-state index in [-0.39, 0.29) is 6.61 Å². The van der Waals surface area contributed by atoms with Crippen molar-refractivity contribution in [1.82, 2.24) is 0 Å². The van der Waals surface area contributed by atoms with Crippen LogP contribution in [0.25, 0.3) is 0 Å². The van der Waals surface area contributed by atoms with Gasteiger partial charge in [0.25, 0.3) is 0 Å². The molecule has 1 aromatic rings. The van der Waals surface area contributed by atoms with Gasteiger partial charge in [0.2, 0.25) is 0 Å². The maximum atomic E-state index is 8.74. The second kappa shape index (κ2) is 6.58. The van der Waals surface area contributed by atoms with Crippen molar-refractivity contribution in [3.63, 3.8) is 0 Å². The Bertz CT molecular complexity index is 278. The van der Waals surface area contributed by atoms with Gasteiger partial charge in [0.1, 0.15) is 5.75 Å². The number of benzene rings is 1. The normalized spacial score (nSPS) is 10.3. The second-order valence-corrected chi connectivity index (χ2v) is 4.23. The average molecular weight is 227 g/mol. The van der Waals surface area contributed by atoms with Gasteiger partial charge in [-0.15, -0.1) is 11.8 Å². The Hall–Kier alpha value is -0.870. The van der Waals surface area contributed by atoms with Gasteiger partial charge in [-0.1, -0.05) is 13.0 Å². The highest BCUT2D eigenvalue weighted by Gasteiger charge is 2.05. The highest BCUT2D eigenvalue weighted by molar-refractivity contribution is 7.99. The summed E-state index contributed by atoms with van der Waals surface area (Å²) in [5.41, 5.74) is 6.61. The third-order valence-electron chi connectivity index (χ3n) is 1.84. The lowest BCUT2D eigenvalue weighted by atomic mass is 10.3. The third-order valence-corrected chi connectivity index (χ3v) is 2.89. The average Bonchev–Trinajstić information content (AvgIpc) is 2.26. The minimum Gasteiger partial charge on any atom is -0.491 e. The molecule has 15 heavy (non-hydrogen) atoms. The Labute approximate surface area is 94.6 Å². The van der Waals surface area contributed by atoms with Crippen molar-refractivity contribution >= 4 is 17.4 Å². The summed E-state index contributed by atoms with van der Waals surface area (Å²) in [4.78, 5) is 0.970. The monoisotopic (exact) mass is 227 g/mol. The number of aliphatic hydroxyl groups is 1. The lowest BCUT2D eigenvalue weighted by molar-refractivity contribution is 0.318. The fourth-order valence-corrected chi connectivity index (χ4v) is 1.89. The molecular weight excluding hydrogens is 210 g/mol. The van der Waals surface area contributed by atoms with E-state index in [2.05, 4.69) is 6.92 Å². The van der Waals surface area contributed by atoms with Crippen LogP contribution in [0.5, 0.6) is 5.75 Å². The van der Waals surface area contributed by atoms with Gasteiger partial charge in [-0.05, 0) is 18.6 Å². The van der Waals surface area contributed by atoms with Crippen molar-refractivity contribution in [3.8, 4) is 5.75 Å². The lowest BCUT2D eigenvalue weighted by Gasteiger charge is -2.10. The molecule has 0 aliphatic rings. The zero-order valence-electron chi connectivity index (χ0n) is 8.90. The topological polar surface area (TPSA) is 55.5 Å². The Kier molecular flexibility index (Phi) is 5.36. The van der Waals surface area contributed by atoms with Gasteiger partial charge >= 0.3 is 0 Å². The number of rotatable bonds is 6.